The number of amides is 1. The highest BCUT2D eigenvalue weighted by Crippen LogP contribution is 2.25. The Bertz CT molecular complexity index is 912. The van der Waals surface area contributed by atoms with Crippen molar-refractivity contribution in [1.82, 2.24) is 14.9 Å². The van der Waals surface area contributed by atoms with Crippen LogP contribution in [0.3, 0.4) is 0 Å². The first kappa shape index (κ1) is 19.3. The quantitative estimate of drug-likeness (QED) is 0.712. The number of carbonyl (C=O) groups is 1. The van der Waals surface area contributed by atoms with Crippen molar-refractivity contribution in [2.24, 2.45) is 18.4 Å². The van der Waals surface area contributed by atoms with Crippen LogP contribution in [0.15, 0.2) is 23.0 Å². The van der Waals surface area contributed by atoms with Crippen LogP contribution in [-0.2, 0) is 7.05 Å². The van der Waals surface area contributed by atoms with E-state index in [0.29, 0.717) is 27.8 Å². The molecule has 0 unspecified atom stereocenters. The molecule has 2 aromatic rings. The molecule has 0 fully saturated rings. The van der Waals surface area contributed by atoms with E-state index in [2.05, 4.69) is 10.3 Å². The van der Waals surface area contributed by atoms with Gasteiger partial charge in [-0.05, 0) is 36.3 Å². The van der Waals surface area contributed by atoms with E-state index >= 15 is 0 Å². The number of aromatic nitrogens is 2. The third kappa shape index (κ3) is 3.99. The Labute approximate surface area is 151 Å². The highest BCUT2D eigenvalue weighted by atomic mass is 32.1. The Kier molecular flexibility index (Phi) is 5.49. The summed E-state index contributed by atoms with van der Waals surface area (Å²) in [6.45, 7) is 8.06. The van der Waals surface area contributed by atoms with Gasteiger partial charge in [-0.3, -0.25) is 14.2 Å². The van der Waals surface area contributed by atoms with Gasteiger partial charge in [-0.25, -0.2) is 0 Å². The van der Waals surface area contributed by atoms with Gasteiger partial charge in [0.25, 0.3) is 11.5 Å². The number of hydrogen-bond acceptors (Lipinski definition) is 4. The maximum Gasteiger partial charge on any atom is 0.261 e. The minimum atomic E-state index is -0.525. The fourth-order valence-electron chi connectivity index (χ4n) is 2.86. The average Bonchev–Trinajstić information content (AvgIpc) is 2.56. The van der Waals surface area contributed by atoms with Crippen LogP contribution in [0.1, 0.15) is 38.1 Å². The molecule has 2 rings (SSSR count). The summed E-state index contributed by atoms with van der Waals surface area (Å²) in [4.78, 5) is 27.6. The maximum atomic E-state index is 12.4. The lowest BCUT2D eigenvalue weighted by molar-refractivity contribution is 0.0138. The van der Waals surface area contributed by atoms with Gasteiger partial charge < -0.3 is 15.4 Å². The molecular weight excluding hydrogens is 338 g/mol. The van der Waals surface area contributed by atoms with E-state index in [4.69, 9.17) is 12.2 Å². The van der Waals surface area contributed by atoms with Crippen molar-refractivity contribution in [3.05, 3.63) is 38.9 Å². The molecule has 0 aliphatic carbocycles. The van der Waals surface area contributed by atoms with Crippen LogP contribution in [0.5, 0.6) is 0 Å². The highest BCUT2D eigenvalue weighted by molar-refractivity contribution is 7.71. The number of fused-ring (bicyclic) bond motifs is 1. The number of hydrogen-bond donors (Lipinski definition) is 3. The second-order valence-electron chi connectivity index (χ2n) is 7.41. The average molecular weight is 363 g/mol. The summed E-state index contributed by atoms with van der Waals surface area (Å²) < 4.78 is 1.66. The molecule has 0 bridgehead atoms. The first-order valence-electron chi connectivity index (χ1n) is 8.24. The third-order valence-electron chi connectivity index (χ3n) is 4.50. The third-order valence-corrected chi connectivity index (χ3v) is 4.88. The van der Waals surface area contributed by atoms with Gasteiger partial charge in [0.15, 0.2) is 4.77 Å². The normalized spacial score (nSPS) is 13.2. The van der Waals surface area contributed by atoms with Crippen LogP contribution in [0.25, 0.3) is 10.9 Å². The number of rotatable bonds is 5. The number of benzene rings is 1. The van der Waals surface area contributed by atoms with E-state index in [1.54, 1.807) is 25.2 Å². The largest absolute Gasteiger partial charge is 0.392 e. The minimum absolute atomic E-state index is 0.101. The molecule has 0 aliphatic heterocycles. The summed E-state index contributed by atoms with van der Waals surface area (Å²) in [5.41, 5.74) is 0.312. The van der Waals surface area contributed by atoms with Crippen molar-refractivity contribution >= 4 is 29.0 Å². The number of nitrogens with one attached hydrogen (secondary N) is 2. The smallest absolute Gasteiger partial charge is 0.261 e. The monoisotopic (exact) mass is 363 g/mol. The predicted octanol–water partition coefficient (Wildman–Crippen LogP) is 2.37. The molecule has 136 valence electrons. The van der Waals surface area contributed by atoms with Gasteiger partial charge in [0.2, 0.25) is 0 Å². The Hall–Kier alpha value is -1.99. The van der Waals surface area contributed by atoms with E-state index in [1.807, 2.05) is 27.7 Å². The van der Waals surface area contributed by atoms with Crippen molar-refractivity contribution in [1.29, 1.82) is 0 Å². The number of aliphatic hydroxyl groups is 1. The van der Waals surface area contributed by atoms with Crippen molar-refractivity contribution in [2.75, 3.05) is 6.54 Å². The predicted molar refractivity (Wildman–Crippen MR) is 101 cm³/mol. The zero-order valence-corrected chi connectivity index (χ0v) is 16.0. The van der Waals surface area contributed by atoms with Crippen LogP contribution in [0.4, 0.5) is 0 Å². The van der Waals surface area contributed by atoms with Crippen molar-refractivity contribution in [2.45, 2.75) is 33.8 Å². The first-order chi connectivity index (χ1) is 11.5. The van der Waals surface area contributed by atoms with Gasteiger partial charge in [0.05, 0.1) is 17.0 Å². The summed E-state index contributed by atoms with van der Waals surface area (Å²) in [7, 11) is 1.60. The van der Waals surface area contributed by atoms with Crippen LogP contribution in [0.2, 0.25) is 0 Å². The highest BCUT2D eigenvalue weighted by Gasteiger charge is 2.30. The molecule has 1 heterocycles. The number of aliphatic hydroxyl groups excluding tert-OH is 1. The van der Waals surface area contributed by atoms with E-state index < -0.39 is 11.5 Å². The maximum absolute atomic E-state index is 12.4. The molecule has 6 nitrogen and oxygen atoms in total. The van der Waals surface area contributed by atoms with Gasteiger partial charge >= 0.3 is 0 Å². The van der Waals surface area contributed by atoms with E-state index in [-0.39, 0.29) is 17.4 Å². The summed E-state index contributed by atoms with van der Waals surface area (Å²) in [5.74, 6) is -0.158. The Balaban J connectivity index is 2.24. The molecular formula is C18H25N3O3S. The Morgan fingerprint density at radius 1 is 1.40 bits per heavy atom. The van der Waals surface area contributed by atoms with Gasteiger partial charge in [0.1, 0.15) is 0 Å². The Morgan fingerprint density at radius 3 is 2.64 bits per heavy atom. The molecule has 1 aromatic carbocycles. The van der Waals surface area contributed by atoms with Crippen molar-refractivity contribution < 1.29 is 9.90 Å². The SMILES string of the molecule is CC(C)[C@@H](O)C(C)(C)CNC(=O)c1ccc2c(=O)n(C)c(=S)[nH]c2c1. The second kappa shape index (κ2) is 7.09. The zero-order valence-electron chi connectivity index (χ0n) is 15.2. The van der Waals surface area contributed by atoms with Gasteiger partial charge in [0, 0.05) is 24.6 Å². The van der Waals surface area contributed by atoms with Gasteiger partial charge in [-0.15, -0.1) is 0 Å². The van der Waals surface area contributed by atoms with E-state index in [0.717, 1.165) is 0 Å². The summed E-state index contributed by atoms with van der Waals surface area (Å²) in [5, 5.41) is 13.6. The standard InChI is InChI=1S/C18H25N3O3S/c1-10(2)14(22)18(3,4)9-19-15(23)11-6-7-12-13(8-11)20-17(25)21(5)16(12)24/h6-8,10,14,22H,9H2,1-5H3,(H,19,23)(H,20,25)/t14-/m1/s1. The fraction of sp³-hybridized carbons (Fsp3) is 0.500. The molecule has 0 saturated carbocycles. The lowest BCUT2D eigenvalue weighted by atomic mass is 9.80. The summed E-state index contributed by atoms with van der Waals surface area (Å²) >= 11 is 5.11. The molecule has 3 N–H and O–H groups in total. The van der Waals surface area contributed by atoms with Crippen molar-refractivity contribution in [3.63, 3.8) is 0 Å². The lowest BCUT2D eigenvalue weighted by Gasteiger charge is -2.33. The zero-order chi connectivity index (χ0) is 18.9. The molecule has 0 radical (unpaired) electrons. The van der Waals surface area contributed by atoms with Crippen LogP contribution < -0.4 is 10.9 Å². The topological polar surface area (TPSA) is 87.1 Å². The number of carbonyl (C=O) groups excluding carboxylic acids is 1. The second-order valence-corrected chi connectivity index (χ2v) is 7.80. The van der Waals surface area contributed by atoms with Gasteiger partial charge in [-0.1, -0.05) is 27.7 Å². The molecule has 0 saturated heterocycles. The Morgan fingerprint density at radius 2 is 2.04 bits per heavy atom. The van der Waals surface area contributed by atoms with Gasteiger partial charge in [-0.2, -0.15) is 0 Å². The lowest BCUT2D eigenvalue weighted by Crippen LogP contribution is -2.43. The number of nitrogens with zero attached hydrogens (tertiary/aromatic N) is 1. The molecule has 1 atom stereocenters. The first-order valence-corrected chi connectivity index (χ1v) is 8.65. The van der Waals surface area contributed by atoms with Crippen LogP contribution >= 0.6 is 12.2 Å². The molecule has 1 aromatic heterocycles. The van der Waals surface area contributed by atoms with Crippen LogP contribution in [0, 0.1) is 16.1 Å². The summed E-state index contributed by atoms with van der Waals surface area (Å²) in [6.07, 6.45) is -0.525. The van der Waals surface area contributed by atoms with E-state index in [1.165, 1.54) is 4.57 Å². The minimum Gasteiger partial charge on any atom is -0.392 e. The van der Waals surface area contributed by atoms with E-state index in [9.17, 15) is 14.7 Å². The number of aromatic amines is 1. The molecule has 0 aliphatic rings. The fourth-order valence-corrected chi connectivity index (χ4v) is 3.06. The molecule has 25 heavy (non-hydrogen) atoms. The van der Waals surface area contributed by atoms with Crippen molar-refractivity contribution in [3.8, 4) is 0 Å². The number of H-pyrrole nitrogens is 1. The molecule has 0 spiro atoms. The summed E-state index contributed by atoms with van der Waals surface area (Å²) in [6, 6.07) is 4.85. The molecule has 7 heteroatoms. The molecule has 1 amide bonds. The van der Waals surface area contributed by atoms with Crippen LogP contribution in [-0.4, -0.2) is 33.2 Å².